The molecule has 0 aromatic heterocycles. The minimum Gasteiger partial charge on any atom is -0.399 e. The predicted octanol–water partition coefficient (Wildman–Crippen LogP) is 2.08. The van der Waals surface area contributed by atoms with Crippen molar-refractivity contribution in [3.8, 4) is 0 Å². The summed E-state index contributed by atoms with van der Waals surface area (Å²) in [6, 6.07) is 4.25. The van der Waals surface area contributed by atoms with Crippen molar-refractivity contribution in [2.24, 2.45) is 5.73 Å². The lowest BCUT2D eigenvalue weighted by Gasteiger charge is -2.35. The number of carbonyl (C=O) groups excluding carboxylic acids is 1. The van der Waals surface area contributed by atoms with E-state index in [0.29, 0.717) is 5.92 Å². The fraction of sp³-hybridized carbons (Fsp3) is 0.588. The van der Waals surface area contributed by atoms with Crippen LogP contribution in [0.2, 0.25) is 0 Å². The first-order valence-electron chi connectivity index (χ1n) is 7.85. The molecule has 21 heavy (non-hydrogen) atoms. The minimum atomic E-state index is -0.548. The molecule has 1 amide bonds. The number of benzene rings is 1. The van der Waals surface area contributed by atoms with Gasteiger partial charge in [0.25, 0.3) is 0 Å². The van der Waals surface area contributed by atoms with Gasteiger partial charge in [-0.25, -0.2) is 0 Å². The highest BCUT2D eigenvalue weighted by Crippen LogP contribution is 2.37. The summed E-state index contributed by atoms with van der Waals surface area (Å²) in [7, 11) is 0. The number of nitrogens with zero attached hydrogens (tertiary/aromatic N) is 1. The van der Waals surface area contributed by atoms with Gasteiger partial charge in [0.15, 0.2) is 0 Å². The van der Waals surface area contributed by atoms with Gasteiger partial charge in [0.1, 0.15) is 0 Å². The number of aryl methyl sites for hydroxylation is 2. The minimum absolute atomic E-state index is 0.150. The van der Waals surface area contributed by atoms with Gasteiger partial charge in [0.2, 0.25) is 5.91 Å². The Hall–Kier alpha value is -1.55. The highest BCUT2D eigenvalue weighted by atomic mass is 16.2. The van der Waals surface area contributed by atoms with Crippen molar-refractivity contribution in [1.82, 2.24) is 4.90 Å². The number of hydrogen-bond acceptors (Lipinski definition) is 3. The van der Waals surface area contributed by atoms with E-state index in [4.69, 9.17) is 11.5 Å². The molecule has 1 atom stereocenters. The Morgan fingerprint density at radius 2 is 2.00 bits per heavy atom. The lowest BCUT2D eigenvalue weighted by molar-refractivity contribution is -0.134. The molecular weight excluding hydrogens is 262 g/mol. The van der Waals surface area contributed by atoms with Crippen LogP contribution in [0.5, 0.6) is 0 Å². The summed E-state index contributed by atoms with van der Waals surface area (Å²) in [4.78, 5) is 14.4. The number of hydrogen-bond donors (Lipinski definition) is 2. The molecule has 4 heteroatoms. The van der Waals surface area contributed by atoms with Crippen LogP contribution in [0, 0.1) is 13.8 Å². The SMILES string of the molecule is Cc1cc(C2CCCN(C(=O)C3(N)CC3)C2)c(C)cc1N. The lowest BCUT2D eigenvalue weighted by Crippen LogP contribution is -2.49. The van der Waals surface area contributed by atoms with Crippen LogP contribution in [0.3, 0.4) is 0 Å². The predicted molar refractivity (Wildman–Crippen MR) is 85.0 cm³/mol. The largest absolute Gasteiger partial charge is 0.399 e. The molecule has 3 rings (SSSR count). The Balaban J connectivity index is 1.80. The summed E-state index contributed by atoms with van der Waals surface area (Å²) < 4.78 is 0. The zero-order valence-electron chi connectivity index (χ0n) is 13.0. The second-order valence-electron chi connectivity index (χ2n) is 6.81. The van der Waals surface area contributed by atoms with Crippen LogP contribution < -0.4 is 11.5 Å². The van der Waals surface area contributed by atoms with Gasteiger partial charge in [0, 0.05) is 24.7 Å². The molecule has 0 radical (unpaired) electrons. The highest BCUT2D eigenvalue weighted by Gasteiger charge is 2.48. The second-order valence-corrected chi connectivity index (χ2v) is 6.81. The topological polar surface area (TPSA) is 72.3 Å². The molecule has 2 aliphatic rings. The van der Waals surface area contributed by atoms with Crippen LogP contribution in [0.1, 0.15) is 48.3 Å². The zero-order chi connectivity index (χ0) is 15.2. The van der Waals surface area contributed by atoms with E-state index in [9.17, 15) is 4.79 Å². The second kappa shape index (κ2) is 5.02. The van der Waals surface area contributed by atoms with Crippen molar-refractivity contribution < 1.29 is 4.79 Å². The van der Waals surface area contributed by atoms with Crippen LogP contribution >= 0.6 is 0 Å². The lowest BCUT2D eigenvalue weighted by atomic mass is 9.86. The van der Waals surface area contributed by atoms with Gasteiger partial charge in [-0.15, -0.1) is 0 Å². The Morgan fingerprint density at radius 1 is 1.29 bits per heavy atom. The first kappa shape index (κ1) is 14.4. The van der Waals surface area contributed by atoms with Crippen LogP contribution in [0.4, 0.5) is 5.69 Å². The Kier molecular flexibility index (Phi) is 3.44. The van der Waals surface area contributed by atoms with Gasteiger partial charge >= 0.3 is 0 Å². The molecule has 1 aliphatic heterocycles. The molecule has 4 nitrogen and oxygen atoms in total. The first-order chi connectivity index (χ1) is 9.90. The van der Waals surface area contributed by atoms with Crippen molar-refractivity contribution in [2.75, 3.05) is 18.8 Å². The quantitative estimate of drug-likeness (QED) is 0.818. The number of carbonyl (C=O) groups is 1. The number of amides is 1. The molecule has 1 saturated heterocycles. The van der Waals surface area contributed by atoms with Gasteiger partial charge in [0.05, 0.1) is 5.54 Å². The average molecular weight is 287 g/mol. The normalized spacial score (nSPS) is 24.0. The summed E-state index contributed by atoms with van der Waals surface area (Å²) in [6.07, 6.45) is 3.86. The number of anilines is 1. The first-order valence-corrected chi connectivity index (χ1v) is 7.85. The maximum Gasteiger partial charge on any atom is 0.242 e. The van der Waals surface area contributed by atoms with Crippen molar-refractivity contribution >= 4 is 11.6 Å². The average Bonchev–Trinajstić information content (AvgIpc) is 3.21. The van der Waals surface area contributed by atoms with E-state index in [2.05, 4.69) is 19.1 Å². The van der Waals surface area contributed by atoms with E-state index in [1.165, 1.54) is 11.1 Å². The molecule has 1 aliphatic carbocycles. The van der Waals surface area contributed by atoms with Gasteiger partial charge in [-0.1, -0.05) is 6.07 Å². The molecule has 1 aromatic rings. The molecule has 1 saturated carbocycles. The van der Waals surface area contributed by atoms with Crippen LogP contribution in [-0.2, 0) is 4.79 Å². The van der Waals surface area contributed by atoms with Crippen LogP contribution in [-0.4, -0.2) is 29.4 Å². The Labute approximate surface area is 126 Å². The van der Waals surface area contributed by atoms with Crippen molar-refractivity contribution in [3.63, 3.8) is 0 Å². The zero-order valence-corrected chi connectivity index (χ0v) is 13.0. The number of nitrogen functional groups attached to an aromatic ring is 1. The third-order valence-corrected chi connectivity index (χ3v) is 5.02. The number of likely N-dealkylation sites (tertiary alicyclic amines) is 1. The summed E-state index contributed by atoms with van der Waals surface area (Å²) in [5.41, 5.74) is 16.0. The van der Waals surface area contributed by atoms with Crippen molar-refractivity contribution in [2.45, 2.75) is 51.0 Å². The monoisotopic (exact) mass is 287 g/mol. The van der Waals surface area contributed by atoms with Crippen LogP contribution in [0.15, 0.2) is 12.1 Å². The smallest absolute Gasteiger partial charge is 0.242 e. The standard InChI is InChI=1S/C17H25N3O/c1-11-9-15(18)12(2)8-14(11)13-4-3-7-20(10-13)16(21)17(19)5-6-17/h8-9,13H,3-7,10,18-19H2,1-2H3. The van der Waals surface area contributed by atoms with Crippen molar-refractivity contribution in [1.29, 1.82) is 0 Å². The molecule has 4 N–H and O–H groups in total. The van der Waals surface area contributed by atoms with Crippen molar-refractivity contribution in [3.05, 3.63) is 28.8 Å². The van der Waals surface area contributed by atoms with Gasteiger partial charge < -0.3 is 16.4 Å². The summed E-state index contributed by atoms with van der Waals surface area (Å²) in [6.45, 7) is 5.80. The summed E-state index contributed by atoms with van der Waals surface area (Å²) in [5, 5.41) is 0. The highest BCUT2D eigenvalue weighted by molar-refractivity contribution is 5.89. The Bertz CT molecular complexity index is 578. The van der Waals surface area contributed by atoms with E-state index in [1.807, 2.05) is 11.8 Å². The molecular formula is C17H25N3O. The molecule has 2 fully saturated rings. The third kappa shape index (κ3) is 2.64. The van der Waals surface area contributed by atoms with Gasteiger partial charge in [-0.2, -0.15) is 0 Å². The third-order valence-electron chi connectivity index (χ3n) is 5.02. The van der Waals surface area contributed by atoms with E-state index in [-0.39, 0.29) is 5.91 Å². The molecule has 0 bridgehead atoms. The maximum atomic E-state index is 12.4. The number of nitrogens with two attached hydrogens (primary N) is 2. The molecule has 1 aromatic carbocycles. The molecule has 1 unspecified atom stereocenters. The maximum absolute atomic E-state index is 12.4. The van der Waals surface area contributed by atoms with Gasteiger partial charge in [-0.3, -0.25) is 4.79 Å². The van der Waals surface area contributed by atoms with Gasteiger partial charge in [-0.05, 0) is 62.3 Å². The molecule has 0 spiro atoms. The summed E-state index contributed by atoms with van der Waals surface area (Å²) >= 11 is 0. The van der Waals surface area contributed by atoms with E-state index < -0.39 is 5.54 Å². The molecule has 1 heterocycles. The van der Waals surface area contributed by atoms with E-state index in [1.54, 1.807) is 0 Å². The number of rotatable bonds is 2. The Morgan fingerprint density at radius 3 is 2.67 bits per heavy atom. The van der Waals surface area contributed by atoms with Crippen LogP contribution in [0.25, 0.3) is 0 Å². The van der Waals surface area contributed by atoms with E-state index >= 15 is 0 Å². The van der Waals surface area contributed by atoms with E-state index in [0.717, 1.165) is 50.0 Å². The fourth-order valence-electron chi connectivity index (χ4n) is 3.38. The fourth-order valence-corrected chi connectivity index (χ4v) is 3.38. The number of piperidine rings is 1. The molecule has 114 valence electrons. The summed E-state index contributed by atoms with van der Waals surface area (Å²) in [5.74, 6) is 0.557.